The van der Waals surface area contributed by atoms with E-state index in [9.17, 15) is 46.2 Å². The molecule has 16 nitrogen and oxygen atoms in total. The maximum atomic E-state index is 11.7. The third-order valence-electron chi connectivity index (χ3n) is 6.25. The van der Waals surface area contributed by atoms with Crippen LogP contribution < -0.4 is 18.1 Å². The second-order valence-corrected chi connectivity index (χ2v) is 12.6. The van der Waals surface area contributed by atoms with Gasteiger partial charge in [0.15, 0.2) is 0 Å². The number of nitrogens with one attached hydrogen (secondary N) is 2. The zero-order valence-electron chi connectivity index (χ0n) is 23.3. The zero-order chi connectivity index (χ0) is 32.1. The molecule has 0 radical (unpaired) electrons. The van der Waals surface area contributed by atoms with Crippen molar-refractivity contribution in [1.82, 2.24) is 9.44 Å². The van der Waals surface area contributed by atoms with Crippen molar-refractivity contribution >= 4 is 55.5 Å². The zero-order valence-corrected chi connectivity index (χ0v) is 24.9. The number of methoxy groups -OCH3 is 2. The van der Waals surface area contributed by atoms with Crippen LogP contribution in [0.25, 0.3) is 0 Å². The molecule has 1 atom stereocenters. The molecule has 2 heterocycles. The van der Waals surface area contributed by atoms with Crippen molar-refractivity contribution in [2.24, 2.45) is 5.92 Å². The monoisotopic (exact) mass is 642 g/mol. The lowest BCUT2D eigenvalue weighted by Gasteiger charge is -2.17. The molecule has 2 aliphatic rings. The largest absolute Gasteiger partial charge is 0.506 e. The summed E-state index contributed by atoms with van der Waals surface area (Å²) in [5.74, 6) is -3.04. The molecular weight excluding hydrogens is 612 g/mol. The van der Waals surface area contributed by atoms with E-state index in [0.717, 1.165) is 8.61 Å². The van der Waals surface area contributed by atoms with Crippen LogP contribution in [0.1, 0.15) is 24.5 Å². The number of amides is 2. The van der Waals surface area contributed by atoms with Gasteiger partial charge in [-0.05, 0) is 48.2 Å². The van der Waals surface area contributed by atoms with Crippen LogP contribution in [0.5, 0.6) is 11.5 Å². The van der Waals surface area contributed by atoms with Gasteiger partial charge in [-0.1, -0.05) is 19.1 Å². The summed E-state index contributed by atoms with van der Waals surface area (Å²) in [5, 5.41) is 19.9. The van der Waals surface area contributed by atoms with Gasteiger partial charge in [0, 0.05) is 6.42 Å². The molecule has 4 N–H and O–H groups in total. The SMILES string of the molecule is COC(=O)C(C)Cc1ccc(N2CC(=O)NS2(=O)=O)c(O)c1.COC(=O)CCc1ccc(N2CC(=O)NS2(=O)=O)c(O)c1. The van der Waals surface area contributed by atoms with Gasteiger partial charge in [-0.15, -0.1) is 0 Å². The van der Waals surface area contributed by atoms with E-state index < -0.39 is 38.2 Å². The number of aryl methyl sites for hydroxylation is 1. The molecule has 43 heavy (non-hydrogen) atoms. The molecule has 0 spiro atoms. The summed E-state index contributed by atoms with van der Waals surface area (Å²) < 4.78 is 61.2. The molecule has 2 aromatic carbocycles. The number of ether oxygens (including phenoxy) is 2. The van der Waals surface area contributed by atoms with Crippen molar-refractivity contribution in [2.45, 2.75) is 26.2 Å². The fraction of sp³-hybridized carbons (Fsp3) is 0.360. The molecule has 2 aromatic rings. The highest BCUT2D eigenvalue weighted by Gasteiger charge is 2.36. The van der Waals surface area contributed by atoms with Crippen molar-refractivity contribution in [2.75, 3.05) is 35.9 Å². The second-order valence-electron chi connectivity index (χ2n) is 9.42. The number of carbonyl (C=O) groups is 4. The van der Waals surface area contributed by atoms with Crippen LogP contribution in [0.4, 0.5) is 11.4 Å². The first-order valence-corrected chi connectivity index (χ1v) is 15.4. The first-order valence-electron chi connectivity index (χ1n) is 12.5. The summed E-state index contributed by atoms with van der Waals surface area (Å²) in [6.45, 7) is 0.926. The molecular formula is C25H30N4O12S2. The number of benzene rings is 2. The number of carbonyl (C=O) groups excluding carboxylic acids is 4. The molecule has 0 aromatic heterocycles. The molecule has 0 aliphatic carbocycles. The number of anilines is 2. The van der Waals surface area contributed by atoms with Gasteiger partial charge < -0.3 is 19.7 Å². The molecule has 234 valence electrons. The molecule has 0 bridgehead atoms. The molecule has 0 saturated carbocycles. The smallest absolute Gasteiger partial charge is 0.326 e. The van der Waals surface area contributed by atoms with E-state index in [2.05, 4.69) is 9.47 Å². The van der Waals surface area contributed by atoms with E-state index in [1.165, 1.54) is 38.5 Å². The normalized spacial score (nSPS) is 17.3. The van der Waals surface area contributed by atoms with E-state index in [0.29, 0.717) is 24.0 Å². The van der Waals surface area contributed by atoms with Crippen LogP contribution in [0.3, 0.4) is 0 Å². The van der Waals surface area contributed by atoms with Gasteiger partial charge in [0.2, 0.25) is 0 Å². The minimum absolute atomic E-state index is 0.00724. The Kier molecular flexibility index (Phi) is 10.1. The molecule has 2 fully saturated rings. The Morgan fingerprint density at radius 2 is 1.30 bits per heavy atom. The fourth-order valence-corrected chi connectivity index (χ4v) is 6.48. The number of aromatic hydroxyl groups is 2. The Hall–Kier alpha value is -4.58. The van der Waals surface area contributed by atoms with Gasteiger partial charge in [0.25, 0.3) is 11.8 Å². The quantitative estimate of drug-likeness (QED) is 0.270. The topological polar surface area (TPSA) is 226 Å². The lowest BCUT2D eigenvalue weighted by molar-refractivity contribution is -0.144. The lowest BCUT2D eigenvalue weighted by atomic mass is 10.0. The van der Waals surface area contributed by atoms with Crippen molar-refractivity contribution in [3.63, 3.8) is 0 Å². The average molecular weight is 643 g/mol. The lowest BCUT2D eigenvalue weighted by Crippen LogP contribution is -2.29. The van der Waals surface area contributed by atoms with Crippen LogP contribution in [0.15, 0.2) is 36.4 Å². The number of hydrogen-bond donors (Lipinski definition) is 4. The Morgan fingerprint density at radius 3 is 1.70 bits per heavy atom. The fourth-order valence-electron chi connectivity index (χ4n) is 4.15. The van der Waals surface area contributed by atoms with E-state index in [1.54, 1.807) is 19.1 Å². The Bertz CT molecular complexity index is 1640. The minimum Gasteiger partial charge on any atom is -0.506 e. The summed E-state index contributed by atoms with van der Waals surface area (Å²) in [7, 11) is -5.34. The van der Waals surface area contributed by atoms with Crippen molar-refractivity contribution in [3.05, 3.63) is 47.5 Å². The van der Waals surface area contributed by atoms with Gasteiger partial charge in [0.1, 0.15) is 24.6 Å². The number of rotatable bonds is 8. The van der Waals surface area contributed by atoms with Gasteiger partial charge in [-0.2, -0.15) is 16.8 Å². The van der Waals surface area contributed by atoms with Crippen LogP contribution in [-0.4, -0.2) is 78.1 Å². The van der Waals surface area contributed by atoms with Gasteiger partial charge in [-0.3, -0.25) is 19.2 Å². The second kappa shape index (κ2) is 13.2. The Labute approximate surface area is 247 Å². The molecule has 2 saturated heterocycles. The summed E-state index contributed by atoms with van der Waals surface area (Å²) in [5.41, 5.74) is 1.32. The number of hydrogen-bond acceptors (Lipinski definition) is 12. The predicted molar refractivity (Wildman–Crippen MR) is 150 cm³/mol. The van der Waals surface area contributed by atoms with E-state index in [1.807, 2.05) is 9.44 Å². The number of nitrogens with zero attached hydrogens (tertiary/aromatic N) is 2. The highest BCUT2D eigenvalue weighted by atomic mass is 32.2. The Balaban J connectivity index is 0.000000236. The summed E-state index contributed by atoms with van der Waals surface area (Å²) in [6, 6.07) is 8.68. The van der Waals surface area contributed by atoms with Crippen LogP contribution >= 0.6 is 0 Å². The third kappa shape index (κ3) is 8.04. The van der Waals surface area contributed by atoms with E-state index >= 15 is 0 Å². The van der Waals surface area contributed by atoms with Gasteiger partial charge in [-0.25, -0.2) is 18.1 Å². The molecule has 2 aliphatic heterocycles. The minimum atomic E-state index is -3.97. The van der Waals surface area contributed by atoms with Crippen molar-refractivity contribution in [1.29, 1.82) is 0 Å². The third-order valence-corrected chi connectivity index (χ3v) is 9.03. The highest BCUT2D eigenvalue weighted by Crippen LogP contribution is 2.33. The molecule has 1 unspecified atom stereocenters. The predicted octanol–water partition coefficient (Wildman–Crippen LogP) is -0.396. The van der Waals surface area contributed by atoms with Gasteiger partial charge in [0.05, 0.1) is 31.5 Å². The van der Waals surface area contributed by atoms with Crippen molar-refractivity contribution < 1.29 is 55.7 Å². The van der Waals surface area contributed by atoms with Crippen LogP contribution in [0, 0.1) is 5.92 Å². The highest BCUT2D eigenvalue weighted by molar-refractivity contribution is 7.92. The van der Waals surface area contributed by atoms with Gasteiger partial charge >= 0.3 is 32.4 Å². The number of phenolic OH excluding ortho intramolecular Hbond substituents is 2. The molecule has 18 heteroatoms. The van der Waals surface area contributed by atoms with Crippen LogP contribution in [-0.2, 0) is 61.9 Å². The first kappa shape index (κ1) is 32.9. The molecule has 4 rings (SSSR count). The molecule has 2 amide bonds. The first-order chi connectivity index (χ1) is 20.1. The number of phenols is 2. The Morgan fingerprint density at radius 1 is 0.837 bits per heavy atom. The summed E-state index contributed by atoms with van der Waals surface area (Å²) in [6.07, 6.45) is 0.840. The maximum Gasteiger partial charge on any atom is 0.326 e. The maximum absolute atomic E-state index is 11.7. The van der Waals surface area contributed by atoms with E-state index in [4.69, 9.17) is 0 Å². The summed E-state index contributed by atoms with van der Waals surface area (Å²) >= 11 is 0. The average Bonchev–Trinajstić information content (AvgIpc) is 3.37. The van der Waals surface area contributed by atoms with E-state index in [-0.39, 0.29) is 54.3 Å². The van der Waals surface area contributed by atoms with Crippen molar-refractivity contribution in [3.8, 4) is 11.5 Å². The summed E-state index contributed by atoms with van der Waals surface area (Å²) in [4.78, 5) is 44.8. The number of esters is 2. The standard InChI is InChI=1S/C13H16N2O6S.C12H14N2O6S/c1-8(13(18)21-2)5-9-3-4-10(11(16)6-9)15-7-12(17)14-22(15,19)20;1-20-12(17)5-3-8-2-4-9(10(15)6-8)14-7-11(16)13-21(14,18)19/h3-4,6,8,16H,5,7H2,1-2H3,(H,14,17);2,4,6,15H,3,5,7H2,1H3,(H,13,16). The van der Waals surface area contributed by atoms with Crippen LogP contribution in [0.2, 0.25) is 0 Å².